The fraction of sp³-hybridized carbons (Fsp3) is 0.650. The third kappa shape index (κ3) is 5.77. The lowest BCUT2D eigenvalue weighted by molar-refractivity contribution is 0.505. The first-order valence-electron chi connectivity index (χ1n) is 9.28. The average Bonchev–Trinajstić information content (AvgIpc) is 2.84. The lowest BCUT2D eigenvalue weighted by Gasteiger charge is -2.15. The predicted octanol–water partition coefficient (Wildman–Crippen LogP) is 6.09. The summed E-state index contributed by atoms with van der Waals surface area (Å²) in [5, 5.41) is 0.927. The Balaban J connectivity index is 0.000000970. The fourth-order valence-electron chi connectivity index (χ4n) is 1.94. The van der Waals surface area contributed by atoms with Crippen LogP contribution in [0.25, 0.3) is 6.20 Å². The van der Waals surface area contributed by atoms with Crippen molar-refractivity contribution in [3.63, 3.8) is 0 Å². The molecule has 0 radical (unpaired) electrons. The highest BCUT2D eigenvalue weighted by molar-refractivity contribution is 7.13. The zero-order chi connectivity index (χ0) is 19.0. The summed E-state index contributed by atoms with van der Waals surface area (Å²) >= 11 is 1.58. The Bertz CT molecular complexity index is 691. The van der Waals surface area contributed by atoms with Crippen molar-refractivity contribution in [2.75, 3.05) is 7.05 Å². The van der Waals surface area contributed by atoms with Crippen LogP contribution in [-0.2, 0) is 0 Å². The lowest BCUT2D eigenvalue weighted by Crippen LogP contribution is -2.18. The van der Waals surface area contributed by atoms with Crippen molar-refractivity contribution >= 4 is 40.8 Å². The van der Waals surface area contributed by atoms with Crippen LogP contribution in [0.1, 0.15) is 61.3 Å². The summed E-state index contributed by atoms with van der Waals surface area (Å²) in [6.07, 6.45) is 10.5. The number of aromatic nitrogens is 1. The minimum atomic E-state index is -0.0744. The van der Waals surface area contributed by atoms with Gasteiger partial charge in [-0.25, -0.2) is 9.98 Å². The van der Waals surface area contributed by atoms with Crippen LogP contribution < -0.4 is 4.80 Å². The summed E-state index contributed by atoms with van der Waals surface area (Å²) in [6, 6.07) is 0. The summed E-state index contributed by atoms with van der Waals surface area (Å²) < 4.78 is 2.05. The molecule has 0 spiro atoms. The highest BCUT2D eigenvalue weighted by Gasteiger charge is 2.22. The van der Waals surface area contributed by atoms with Gasteiger partial charge in [0.2, 0.25) is 0 Å². The number of allylic oxidation sites excluding steroid dienone is 1. The van der Waals surface area contributed by atoms with Gasteiger partial charge in [-0.3, -0.25) is 9.56 Å². The van der Waals surface area contributed by atoms with Crippen LogP contribution in [0.4, 0.5) is 10.8 Å². The third-order valence-corrected chi connectivity index (χ3v) is 5.36. The Kier molecular flexibility index (Phi) is 8.50. The first-order chi connectivity index (χ1) is 11.8. The molecule has 0 aromatic carbocycles. The molecule has 1 aromatic rings. The van der Waals surface area contributed by atoms with Gasteiger partial charge < -0.3 is 0 Å². The maximum atomic E-state index is 4.71. The minimum absolute atomic E-state index is 0.0744. The van der Waals surface area contributed by atoms with Crippen molar-refractivity contribution in [1.82, 2.24) is 4.57 Å². The summed E-state index contributed by atoms with van der Waals surface area (Å²) in [6.45, 7) is 15.2. The zero-order valence-corrected chi connectivity index (χ0v) is 17.9. The summed E-state index contributed by atoms with van der Waals surface area (Å²) in [5.41, 5.74) is -0.0744. The van der Waals surface area contributed by atoms with Crippen molar-refractivity contribution in [2.45, 2.75) is 61.3 Å². The summed E-state index contributed by atoms with van der Waals surface area (Å²) in [5.74, 6) is 2.00. The molecule has 2 atom stereocenters. The van der Waals surface area contributed by atoms with Crippen LogP contribution in [0, 0.1) is 17.3 Å². The number of thiazole rings is 1. The first kappa shape index (κ1) is 21.6. The van der Waals surface area contributed by atoms with Gasteiger partial charge in [0.1, 0.15) is 0 Å². The molecule has 2 unspecified atom stereocenters. The standard InChI is InChI=1S/C17H26N4S.C3H8/c1-7-17(5)10-19-14-15(20-11-17)22-16(18-6)21(14)9-8-13(4)12(2)3;1-3-2/h8-13H,7H2,1-6H3;3H2,1-2H3/b9-8-,18-16?;. The van der Waals surface area contributed by atoms with Gasteiger partial charge in [-0.2, -0.15) is 0 Å². The SMILES string of the molecule is CCC.CCC1(C)C=Nc2sc(=NC)n(/C=C\C(C)C(C)C)c2N=C1. The first-order valence-corrected chi connectivity index (χ1v) is 10.1. The number of hydrogen-bond acceptors (Lipinski definition) is 4. The van der Waals surface area contributed by atoms with Gasteiger partial charge >= 0.3 is 0 Å². The Labute approximate surface area is 157 Å². The average molecular weight is 363 g/mol. The van der Waals surface area contributed by atoms with Gasteiger partial charge in [0, 0.05) is 31.1 Å². The number of fused-ring (bicyclic) bond motifs is 1. The van der Waals surface area contributed by atoms with Crippen molar-refractivity contribution in [1.29, 1.82) is 0 Å². The molecule has 2 heterocycles. The molecule has 140 valence electrons. The number of hydrogen-bond donors (Lipinski definition) is 0. The van der Waals surface area contributed by atoms with Gasteiger partial charge in [0.05, 0.1) is 0 Å². The van der Waals surface area contributed by atoms with Crippen LogP contribution >= 0.6 is 11.3 Å². The monoisotopic (exact) mass is 362 g/mol. The van der Waals surface area contributed by atoms with Crippen LogP contribution in [0.15, 0.2) is 21.1 Å². The molecule has 0 bridgehead atoms. The Hall–Kier alpha value is -1.49. The fourth-order valence-corrected chi connectivity index (χ4v) is 2.80. The third-order valence-electron chi connectivity index (χ3n) is 4.32. The summed E-state index contributed by atoms with van der Waals surface area (Å²) in [7, 11) is 1.81. The quantitative estimate of drug-likeness (QED) is 0.621. The molecule has 1 aromatic heterocycles. The maximum Gasteiger partial charge on any atom is 0.192 e. The van der Waals surface area contributed by atoms with E-state index < -0.39 is 0 Å². The van der Waals surface area contributed by atoms with Gasteiger partial charge in [-0.05, 0) is 25.2 Å². The van der Waals surface area contributed by atoms with E-state index in [-0.39, 0.29) is 5.41 Å². The van der Waals surface area contributed by atoms with E-state index in [9.17, 15) is 0 Å². The molecule has 4 nitrogen and oxygen atoms in total. The number of nitrogens with zero attached hydrogens (tertiary/aromatic N) is 4. The van der Waals surface area contributed by atoms with E-state index in [0.29, 0.717) is 11.8 Å². The molecule has 0 saturated heterocycles. The van der Waals surface area contributed by atoms with E-state index in [1.165, 1.54) is 6.42 Å². The largest absolute Gasteiger partial charge is 0.275 e. The molecule has 2 rings (SSSR count). The Morgan fingerprint density at radius 1 is 1.20 bits per heavy atom. The van der Waals surface area contributed by atoms with Gasteiger partial charge in [-0.15, -0.1) is 0 Å². The number of aliphatic imine (C=N–C) groups is 2. The molecular weight excluding hydrogens is 328 g/mol. The zero-order valence-electron chi connectivity index (χ0n) is 17.1. The Morgan fingerprint density at radius 2 is 1.80 bits per heavy atom. The highest BCUT2D eigenvalue weighted by atomic mass is 32.1. The van der Waals surface area contributed by atoms with Crippen LogP contribution in [0.5, 0.6) is 0 Å². The van der Waals surface area contributed by atoms with E-state index >= 15 is 0 Å². The van der Waals surface area contributed by atoms with Crippen LogP contribution in [0.2, 0.25) is 0 Å². The second kappa shape index (κ2) is 9.85. The van der Waals surface area contributed by atoms with Crippen molar-refractivity contribution in [3.8, 4) is 0 Å². The van der Waals surface area contributed by atoms with E-state index in [1.54, 1.807) is 11.3 Å². The van der Waals surface area contributed by atoms with E-state index in [0.717, 1.165) is 22.0 Å². The molecule has 0 aliphatic carbocycles. The van der Waals surface area contributed by atoms with Crippen molar-refractivity contribution < 1.29 is 0 Å². The normalized spacial score (nSPS) is 21.2. The topological polar surface area (TPSA) is 42.0 Å². The van der Waals surface area contributed by atoms with E-state index in [1.807, 2.05) is 24.0 Å². The second-order valence-electron chi connectivity index (χ2n) is 7.13. The molecule has 0 N–H and O–H groups in total. The smallest absolute Gasteiger partial charge is 0.192 e. The molecule has 25 heavy (non-hydrogen) atoms. The summed E-state index contributed by atoms with van der Waals surface area (Å²) in [4.78, 5) is 14.7. The molecule has 5 heteroatoms. The van der Waals surface area contributed by atoms with Crippen LogP contribution in [-0.4, -0.2) is 24.0 Å². The van der Waals surface area contributed by atoms with Crippen molar-refractivity contribution in [2.24, 2.45) is 32.2 Å². The highest BCUT2D eigenvalue weighted by Crippen LogP contribution is 2.35. The van der Waals surface area contributed by atoms with Gasteiger partial charge in [0.25, 0.3) is 0 Å². The molecule has 0 amide bonds. The lowest BCUT2D eigenvalue weighted by atomic mass is 9.91. The predicted molar refractivity (Wildman–Crippen MR) is 114 cm³/mol. The molecule has 1 aliphatic rings. The van der Waals surface area contributed by atoms with E-state index in [2.05, 4.69) is 70.7 Å². The second-order valence-corrected chi connectivity index (χ2v) is 8.09. The molecule has 1 aliphatic heterocycles. The van der Waals surface area contributed by atoms with Gasteiger partial charge in [-0.1, -0.05) is 65.4 Å². The van der Waals surface area contributed by atoms with E-state index in [4.69, 9.17) is 4.99 Å². The minimum Gasteiger partial charge on any atom is -0.275 e. The van der Waals surface area contributed by atoms with Crippen LogP contribution in [0.3, 0.4) is 0 Å². The van der Waals surface area contributed by atoms with Gasteiger partial charge in [0.15, 0.2) is 15.6 Å². The van der Waals surface area contributed by atoms with Crippen molar-refractivity contribution in [3.05, 3.63) is 10.9 Å². The number of rotatable bonds is 4. The molecular formula is C20H34N4S. The Morgan fingerprint density at radius 3 is 2.32 bits per heavy atom. The maximum absolute atomic E-state index is 4.71. The molecule has 0 fully saturated rings. The molecule has 0 saturated carbocycles.